The van der Waals surface area contributed by atoms with Crippen LogP contribution in [-0.4, -0.2) is 43.8 Å². The fourth-order valence-electron chi connectivity index (χ4n) is 2.31. The number of hydrogen-bond donors (Lipinski definition) is 2. The summed E-state index contributed by atoms with van der Waals surface area (Å²) in [5.41, 5.74) is 0. The van der Waals surface area contributed by atoms with Crippen molar-refractivity contribution in [2.45, 2.75) is 33.3 Å². The number of rotatable bonds is 9. The van der Waals surface area contributed by atoms with Gasteiger partial charge in [-0.25, -0.2) is 9.98 Å². The van der Waals surface area contributed by atoms with E-state index in [9.17, 15) is 0 Å². The monoisotopic (exact) mass is 376 g/mol. The zero-order valence-electron chi connectivity index (χ0n) is 15.9. The van der Waals surface area contributed by atoms with Gasteiger partial charge in [0.15, 0.2) is 5.96 Å². The number of guanidine groups is 1. The van der Waals surface area contributed by atoms with Gasteiger partial charge in [0.1, 0.15) is 17.6 Å². The molecule has 0 radical (unpaired) electrons. The summed E-state index contributed by atoms with van der Waals surface area (Å²) in [5, 5.41) is 7.74. The molecule has 7 heteroatoms. The Kier molecular flexibility index (Phi) is 8.21. The van der Waals surface area contributed by atoms with Crippen LogP contribution in [0, 0.1) is 6.92 Å². The van der Waals surface area contributed by atoms with Crippen LogP contribution in [0.1, 0.15) is 23.7 Å². The lowest BCUT2D eigenvalue weighted by molar-refractivity contribution is 0.229. The van der Waals surface area contributed by atoms with Gasteiger partial charge in [-0.15, -0.1) is 11.3 Å². The van der Waals surface area contributed by atoms with Crippen LogP contribution in [0.15, 0.2) is 35.5 Å². The van der Waals surface area contributed by atoms with E-state index in [-0.39, 0.29) is 6.10 Å². The minimum atomic E-state index is -0.0424. The van der Waals surface area contributed by atoms with Crippen molar-refractivity contribution in [2.75, 3.05) is 26.7 Å². The first kappa shape index (κ1) is 20.0. The van der Waals surface area contributed by atoms with Crippen LogP contribution in [0.4, 0.5) is 0 Å². The van der Waals surface area contributed by atoms with Crippen LogP contribution in [0.5, 0.6) is 11.5 Å². The van der Waals surface area contributed by atoms with Gasteiger partial charge in [0.05, 0.1) is 18.7 Å². The van der Waals surface area contributed by atoms with Gasteiger partial charge in [0.25, 0.3) is 0 Å². The molecule has 26 heavy (non-hydrogen) atoms. The molecule has 0 aliphatic rings. The summed E-state index contributed by atoms with van der Waals surface area (Å²) in [6.07, 6.45) is 2.76. The zero-order valence-corrected chi connectivity index (χ0v) is 16.7. The van der Waals surface area contributed by atoms with Gasteiger partial charge in [-0.3, -0.25) is 0 Å². The molecule has 0 bridgehead atoms. The summed E-state index contributed by atoms with van der Waals surface area (Å²) >= 11 is 1.73. The van der Waals surface area contributed by atoms with Crippen LogP contribution < -0.4 is 20.1 Å². The number of aryl methyl sites for hydroxylation is 1. The predicted octanol–water partition coefficient (Wildman–Crippen LogP) is 3.03. The van der Waals surface area contributed by atoms with Crippen molar-refractivity contribution in [3.8, 4) is 11.5 Å². The van der Waals surface area contributed by atoms with E-state index in [1.165, 1.54) is 4.88 Å². The quantitative estimate of drug-likeness (QED) is 0.520. The minimum Gasteiger partial charge on any atom is -0.497 e. The van der Waals surface area contributed by atoms with Gasteiger partial charge >= 0.3 is 0 Å². The molecule has 0 saturated carbocycles. The van der Waals surface area contributed by atoms with Crippen molar-refractivity contribution < 1.29 is 9.47 Å². The Balaban J connectivity index is 1.82. The number of aromatic nitrogens is 1. The first-order valence-corrected chi connectivity index (χ1v) is 9.66. The lowest BCUT2D eigenvalue weighted by Crippen LogP contribution is -2.39. The summed E-state index contributed by atoms with van der Waals surface area (Å²) in [6, 6.07) is 7.60. The molecule has 6 nitrogen and oxygen atoms in total. The number of methoxy groups -OCH3 is 1. The highest BCUT2D eigenvalue weighted by Gasteiger charge is 2.06. The topological polar surface area (TPSA) is 67.8 Å². The summed E-state index contributed by atoms with van der Waals surface area (Å²) in [7, 11) is 1.65. The number of hydrogen-bond acceptors (Lipinski definition) is 5. The maximum Gasteiger partial charge on any atom is 0.191 e. The summed E-state index contributed by atoms with van der Waals surface area (Å²) < 4.78 is 11.1. The number of thiazole rings is 1. The predicted molar refractivity (Wildman–Crippen MR) is 108 cm³/mol. The second-order valence-electron chi connectivity index (χ2n) is 5.87. The van der Waals surface area contributed by atoms with Crippen LogP contribution in [-0.2, 0) is 6.42 Å². The van der Waals surface area contributed by atoms with E-state index in [1.807, 2.05) is 37.4 Å². The van der Waals surface area contributed by atoms with Gasteiger partial charge in [0.2, 0.25) is 0 Å². The average Bonchev–Trinajstić information content (AvgIpc) is 3.05. The highest BCUT2D eigenvalue weighted by molar-refractivity contribution is 7.11. The van der Waals surface area contributed by atoms with Crippen molar-refractivity contribution in [3.05, 3.63) is 40.3 Å². The molecule has 2 aromatic rings. The van der Waals surface area contributed by atoms with Crippen LogP contribution in [0.3, 0.4) is 0 Å². The van der Waals surface area contributed by atoms with Gasteiger partial charge < -0.3 is 20.1 Å². The Bertz CT molecular complexity index is 702. The third-order valence-corrected chi connectivity index (χ3v) is 4.50. The highest BCUT2D eigenvalue weighted by atomic mass is 32.1. The van der Waals surface area contributed by atoms with Crippen molar-refractivity contribution in [2.24, 2.45) is 4.99 Å². The van der Waals surface area contributed by atoms with Crippen molar-refractivity contribution in [1.29, 1.82) is 0 Å². The summed E-state index contributed by atoms with van der Waals surface area (Å²) in [6.45, 7) is 8.30. The summed E-state index contributed by atoms with van der Waals surface area (Å²) in [4.78, 5) is 10.2. The number of nitrogens with one attached hydrogen (secondary N) is 2. The molecule has 0 spiro atoms. The Morgan fingerprint density at radius 3 is 2.81 bits per heavy atom. The second-order valence-corrected chi connectivity index (χ2v) is 7.19. The maximum absolute atomic E-state index is 5.91. The Hall–Kier alpha value is -2.28. The van der Waals surface area contributed by atoms with E-state index in [2.05, 4.69) is 34.5 Å². The molecule has 0 saturated heterocycles. The number of ether oxygens (including phenoxy) is 2. The van der Waals surface area contributed by atoms with Gasteiger partial charge in [-0.2, -0.15) is 0 Å². The summed E-state index contributed by atoms with van der Waals surface area (Å²) in [5.74, 6) is 2.36. The van der Waals surface area contributed by atoms with E-state index in [0.717, 1.165) is 42.0 Å². The highest BCUT2D eigenvalue weighted by Crippen LogP contribution is 2.19. The Morgan fingerprint density at radius 1 is 1.31 bits per heavy atom. The third kappa shape index (κ3) is 6.92. The first-order valence-electron chi connectivity index (χ1n) is 8.85. The smallest absolute Gasteiger partial charge is 0.191 e. The van der Waals surface area contributed by atoms with Crippen LogP contribution >= 0.6 is 11.3 Å². The molecular weight excluding hydrogens is 348 g/mol. The molecule has 1 aromatic heterocycles. The van der Waals surface area contributed by atoms with Crippen LogP contribution in [0.2, 0.25) is 0 Å². The molecule has 0 aliphatic heterocycles. The Morgan fingerprint density at radius 2 is 2.12 bits per heavy atom. The molecule has 1 aromatic carbocycles. The average molecular weight is 377 g/mol. The van der Waals surface area contributed by atoms with E-state index in [4.69, 9.17) is 9.47 Å². The SMILES string of the molecule is CCNC(=NCC(C)Oc1cccc(OC)c1)NCCc1ncc(C)s1. The molecule has 1 atom stereocenters. The Labute approximate surface area is 159 Å². The normalized spacial score (nSPS) is 12.5. The van der Waals surface area contributed by atoms with Gasteiger partial charge in [-0.05, 0) is 32.9 Å². The maximum atomic E-state index is 5.91. The van der Waals surface area contributed by atoms with E-state index in [0.29, 0.717) is 6.54 Å². The standard InChI is InChI=1S/C19H28N4O2S/c1-5-20-19(21-10-9-18-22-13-15(3)26-18)23-12-14(2)25-17-8-6-7-16(11-17)24-4/h6-8,11,13-14H,5,9-10,12H2,1-4H3,(H2,20,21,23). The number of nitrogens with zero attached hydrogens (tertiary/aromatic N) is 2. The molecule has 142 valence electrons. The first-order chi connectivity index (χ1) is 12.6. The number of benzene rings is 1. The van der Waals surface area contributed by atoms with Crippen molar-refractivity contribution in [1.82, 2.24) is 15.6 Å². The molecule has 0 fully saturated rings. The molecule has 2 N–H and O–H groups in total. The number of aliphatic imine (C=N–C) groups is 1. The zero-order chi connectivity index (χ0) is 18.8. The fourth-order valence-corrected chi connectivity index (χ4v) is 3.10. The van der Waals surface area contributed by atoms with E-state index < -0.39 is 0 Å². The van der Waals surface area contributed by atoms with Crippen molar-refractivity contribution >= 4 is 17.3 Å². The third-order valence-electron chi connectivity index (χ3n) is 3.53. The van der Waals surface area contributed by atoms with Crippen LogP contribution in [0.25, 0.3) is 0 Å². The van der Waals surface area contributed by atoms with Gasteiger partial charge in [0, 0.05) is 36.7 Å². The molecule has 1 unspecified atom stereocenters. The molecular formula is C19H28N4O2S. The van der Waals surface area contributed by atoms with E-state index >= 15 is 0 Å². The second kappa shape index (κ2) is 10.7. The molecule has 1 heterocycles. The fraction of sp³-hybridized carbons (Fsp3) is 0.474. The molecule has 0 aliphatic carbocycles. The molecule has 0 amide bonds. The van der Waals surface area contributed by atoms with E-state index in [1.54, 1.807) is 18.4 Å². The minimum absolute atomic E-state index is 0.0424. The lowest BCUT2D eigenvalue weighted by Gasteiger charge is -2.15. The lowest BCUT2D eigenvalue weighted by atomic mass is 10.3. The van der Waals surface area contributed by atoms with Crippen molar-refractivity contribution in [3.63, 3.8) is 0 Å². The molecule has 2 rings (SSSR count). The van der Waals surface area contributed by atoms with Gasteiger partial charge in [-0.1, -0.05) is 6.07 Å². The largest absolute Gasteiger partial charge is 0.497 e.